The van der Waals surface area contributed by atoms with Crippen LogP contribution in [0.1, 0.15) is 13.3 Å². The van der Waals surface area contributed by atoms with E-state index in [0.29, 0.717) is 10.4 Å². The minimum Gasteiger partial charge on any atom is -0.368 e. The van der Waals surface area contributed by atoms with Gasteiger partial charge in [-0.25, -0.2) is 4.68 Å². The van der Waals surface area contributed by atoms with E-state index >= 15 is 0 Å². The van der Waals surface area contributed by atoms with Crippen molar-refractivity contribution in [2.75, 3.05) is 18.0 Å². The maximum Gasteiger partial charge on any atom is 0.282 e. The molecule has 2 heterocycles. The molecular formula is C11H17BrN4O. The maximum absolute atomic E-state index is 11.8. The van der Waals surface area contributed by atoms with Gasteiger partial charge in [0.2, 0.25) is 0 Å². The van der Waals surface area contributed by atoms with Gasteiger partial charge in [0.05, 0.1) is 11.9 Å². The van der Waals surface area contributed by atoms with Crippen LogP contribution in [0.3, 0.4) is 0 Å². The Hall–Kier alpha value is -0.880. The second-order valence-corrected chi connectivity index (χ2v) is 5.44. The summed E-state index contributed by atoms with van der Waals surface area (Å²) in [5, 5.41) is 4.05. The number of nitrogens with zero attached hydrogens (tertiary/aromatic N) is 3. The Kier molecular flexibility index (Phi) is 3.53. The van der Waals surface area contributed by atoms with E-state index in [0.717, 1.165) is 25.2 Å². The fourth-order valence-electron chi connectivity index (χ4n) is 2.04. The largest absolute Gasteiger partial charge is 0.368 e. The third kappa shape index (κ3) is 2.37. The molecule has 1 aliphatic heterocycles. The summed E-state index contributed by atoms with van der Waals surface area (Å²) in [6, 6.07) is 0.153. The van der Waals surface area contributed by atoms with Crippen molar-refractivity contribution in [1.29, 1.82) is 0 Å². The van der Waals surface area contributed by atoms with Crippen LogP contribution in [0.5, 0.6) is 0 Å². The van der Waals surface area contributed by atoms with Gasteiger partial charge in [-0.15, -0.1) is 0 Å². The van der Waals surface area contributed by atoms with Gasteiger partial charge in [0.1, 0.15) is 4.47 Å². The van der Waals surface area contributed by atoms with Crippen molar-refractivity contribution in [2.45, 2.75) is 19.4 Å². The number of anilines is 1. The van der Waals surface area contributed by atoms with Crippen LogP contribution in [0.25, 0.3) is 0 Å². The average Bonchev–Trinajstić information content (AvgIpc) is 2.30. The first-order valence-corrected chi connectivity index (χ1v) is 6.52. The van der Waals surface area contributed by atoms with Crippen LogP contribution in [-0.2, 0) is 7.05 Å². The molecule has 94 valence electrons. The Morgan fingerprint density at radius 1 is 1.59 bits per heavy atom. The second-order valence-electron chi connectivity index (χ2n) is 4.65. The molecule has 2 atom stereocenters. The highest BCUT2D eigenvalue weighted by atomic mass is 79.9. The van der Waals surface area contributed by atoms with Crippen molar-refractivity contribution in [3.8, 4) is 0 Å². The number of hydrogen-bond acceptors (Lipinski definition) is 4. The lowest BCUT2D eigenvalue weighted by molar-refractivity contribution is 0.378. The molecule has 0 aliphatic carbocycles. The average molecular weight is 301 g/mol. The zero-order valence-electron chi connectivity index (χ0n) is 10.1. The van der Waals surface area contributed by atoms with Crippen LogP contribution in [0.15, 0.2) is 15.5 Å². The summed E-state index contributed by atoms with van der Waals surface area (Å²) in [6.45, 7) is 3.86. The van der Waals surface area contributed by atoms with E-state index in [1.165, 1.54) is 4.68 Å². The van der Waals surface area contributed by atoms with Gasteiger partial charge < -0.3 is 10.6 Å². The predicted molar refractivity (Wildman–Crippen MR) is 71.1 cm³/mol. The normalized spacial score (nSPS) is 25.1. The summed E-state index contributed by atoms with van der Waals surface area (Å²) in [5.41, 5.74) is 6.79. The van der Waals surface area contributed by atoms with Crippen LogP contribution in [0.2, 0.25) is 0 Å². The number of aromatic nitrogens is 2. The zero-order chi connectivity index (χ0) is 12.6. The van der Waals surface area contributed by atoms with Gasteiger partial charge in [-0.1, -0.05) is 6.92 Å². The van der Waals surface area contributed by atoms with Crippen LogP contribution in [0, 0.1) is 5.92 Å². The number of halogens is 1. The number of piperidine rings is 1. The highest BCUT2D eigenvalue weighted by Gasteiger charge is 2.25. The third-order valence-corrected chi connectivity index (χ3v) is 4.16. The van der Waals surface area contributed by atoms with E-state index in [2.05, 4.69) is 32.9 Å². The Morgan fingerprint density at radius 3 is 2.94 bits per heavy atom. The number of nitrogens with two attached hydrogens (primary N) is 1. The topological polar surface area (TPSA) is 64.2 Å². The van der Waals surface area contributed by atoms with Crippen molar-refractivity contribution in [3.63, 3.8) is 0 Å². The highest BCUT2D eigenvalue weighted by molar-refractivity contribution is 9.10. The Labute approximate surface area is 109 Å². The number of rotatable bonds is 1. The molecule has 2 N–H and O–H groups in total. The third-order valence-electron chi connectivity index (χ3n) is 3.42. The monoisotopic (exact) mass is 300 g/mol. The molecule has 0 saturated carbocycles. The van der Waals surface area contributed by atoms with E-state index in [9.17, 15) is 4.79 Å². The molecule has 5 nitrogen and oxygen atoms in total. The molecule has 1 fully saturated rings. The molecule has 0 amide bonds. The Morgan fingerprint density at radius 2 is 2.29 bits per heavy atom. The molecule has 2 rings (SSSR count). The first kappa shape index (κ1) is 12.6. The van der Waals surface area contributed by atoms with Crippen molar-refractivity contribution < 1.29 is 0 Å². The molecule has 1 aliphatic rings. The first-order chi connectivity index (χ1) is 8.00. The van der Waals surface area contributed by atoms with Crippen LogP contribution in [0.4, 0.5) is 5.69 Å². The Balaban J connectivity index is 2.30. The molecular weight excluding hydrogens is 284 g/mol. The van der Waals surface area contributed by atoms with Crippen molar-refractivity contribution in [2.24, 2.45) is 18.7 Å². The second kappa shape index (κ2) is 4.78. The molecule has 2 unspecified atom stereocenters. The molecule has 1 aromatic heterocycles. The number of aryl methyl sites for hydroxylation is 1. The van der Waals surface area contributed by atoms with Gasteiger partial charge in [-0.2, -0.15) is 5.10 Å². The maximum atomic E-state index is 11.8. The van der Waals surface area contributed by atoms with Gasteiger partial charge in [0.25, 0.3) is 5.56 Å². The van der Waals surface area contributed by atoms with E-state index < -0.39 is 0 Å². The summed E-state index contributed by atoms with van der Waals surface area (Å²) < 4.78 is 1.89. The minimum absolute atomic E-state index is 0.116. The predicted octanol–water partition coefficient (Wildman–Crippen LogP) is 0.716. The van der Waals surface area contributed by atoms with Gasteiger partial charge in [0.15, 0.2) is 0 Å². The Bertz CT molecular complexity index is 473. The molecule has 1 saturated heterocycles. The molecule has 0 aromatic carbocycles. The first-order valence-electron chi connectivity index (χ1n) is 5.73. The van der Waals surface area contributed by atoms with Crippen LogP contribution in [-0.4, -0.2) is 28.9 Å². The standard InChI is InChI=1S/C11H17BrN4O/c1-7-3-4-16(6-8(7)13)9-5-14-15(2)11(17)10(9)12/h5,7-8H,3-4,6,13H2,1-2H3. The molecule has 6 heteroatoms. The van der Waals surface area contributed by atoms with E-state index in [1.807, 2.05) is 0 Å². The molecule has 0 bridgehead atoms. The SMILES string of the molecule is CC1CCN(c2cnn(C)c(=O)c2Br)CC1N. The van der Waals surface area contributed by atoms with Crippen LogP contribution >= 0.6 is 15.9 Å². The summed E-state index contributed by atoms with van der Waals surface area (Å²) in [4.78, 5) is 13.9. The lowest BCUT2D eigenvalue weighted by atomic mass is 9.94. The quantitative estimate of drug-likeness (QED) is 0.830. The fraction of sp³-hybridized carbons (Fsp3) is 0.636. The van der Waals surface area contributed by atoms with E-state index in [4.69, 9.17) is 5.73 Å². The van der Waals surface area contributed by atoms with Gasteiger partial charge in [-0.3, -0.25) is 4.79 Å². The van der Waals surface area contributed by atoms with Crippen molar-refractivity contribution in [1.82, 2.24) is 9.78 Å². The summed E-state index contributed by atoms with van der Waals surface area (Å²) >= 11 is 3.35. The summed E-state index contributed by atoms with van der Waals surface area (Å²) in [5.74, 6) is 0.532. The lowest BCUT2D eigenvalue weighted by Crippen LogP contribution is -2.48. The molecule has 0 spiro atoms. The van der Waals surface area contributed by atoms with Gasteiger partial charge in [0, 0.05) is 26.2 Å². The minimum atomic E-state index is -0.116. The summed E-state index contributed by atoms with van der Waals surface area (Å²) in [7, 11) is 1.64. The van der Waals surface area contributed by atoms with Gasteiger partial charge >= 0.3 is 0 Å². The van der Waals surface area contributed by atoms with Crippen molar-refractivity contribution in [3.05, 3.63) is 21.0 Å². The smallest absolute Gasteiger partial charge is 0.282 e. The molecule has 0 radical (unpaired) electrons. The highest BCUT2D eigenvalue weighted by Crippen LogP contribution is 2.26. The van der Waals surface area contributed by atoms with Crippen LogP contribution < -0.4 is 16.2 Å². The van der Waals surface area contributed by atoms with E-state index in [-0.39, 0.29) is 11.6 Å². The van der Waals surface area contributed by atoms with Gasteiger partial charge in [-0.05, 0) is 28.3 Å². The van der Waals surface area contributed by atoms with Crippen molar-refractivity contribution >= 4 is 21.6 Å². The van der Waals surface area contributed by atoms with E-state index in [1.54, 1.807) is 13.2 Å². The fourth-order valence-corrected chi connectivity index (χ4v) is 2.65. The zero-order valence-corrected chi connectivity index (χ0v) is 11.6. The number of hydrogen-bond donors (Lipinski definition) is 1. The molecule has 17 heavy (non-hydrogen) atoms. The molecule has 1 aromatic rings. The lowest BCUT2D eigenvalue weighted by Gasteiger charge is -2.36. The summed E-state index contributed by atoms with van der Waals surface area (Å²) in [6.07, 6.45) is 2.76.